The van der Waals surface area contributed by atoms with E-state index in [2.05, 4.69) is 0 Å². The van der Waals surface area contributed by atoms with Gasteiger partial charge in [-0.25, -0.2) is 0 Å². The lowest BCUT2D eigenvalue weighted by atomic mass is 9.78. The molecule has 5 saturated carbocycles. The Bertz CT molecular complexity index is 796. The number of hydrogen-bond donors (Lipinski definition) is 0. The number of rotatable bonds is 10. The largest absolute Gasteiger partial charge is 0.355 e. The van der Waals surface area contributed by atoms with Crippen molar-refractivity contribution in [2.75, 3.05) is 19.4 Å². The van der Waals surface area contributed by atoms with E-state index in [1.807, 2.05) is 0 Å². The molecule has 0 aromatic rings. The summed E-state index contributed by atoms with van der Waals surface area (Å²) in [7, 11) is 1.54. The Hall–Kier alpha value is 0.410. The van der Waals surface area contributed by atoms with E-state index >= 15 is 0 Å². The zero-order valence-electron chi connectivity index (χ0n) is 27.0. The standard InChI is InChI=1S/C36H62O4P2/c1-38-36-25-15-14-24-35(36,28-37)39-33(26-41(29-16-6-2-7-17-29)30-18-8-3-9-19-30)34(40-36)27-42(31-20-10-4-11-21-31)32-22-12-5-13-23-32/h28-34H,2-27H2,1H3/t33-,34-,35+,36-/m1/s1. The second-order valence-corrected chi connectivity index (χ2v) is 20.8. The smallest absolute Gasteiger partial charge is 0.204 e. The van der Waals surface area contributed by atoms with E-state index in [0.29, 0.717) is 0 Å². The van der Waals surface area contributed by atoms with Crippen LogP contribution in [0.15, 0.2) is 0 Å². The van der Waals surface area contributed by atoms with Crippen LogP contribution >= 0.6 is 15.8 Å². The highest BCUT2D eigenvalue weighted by Crippen LogP contribution is 2.61. The Morgan fingerprint density at radius 2 is 0.952 bits per heavy atom. The van der Waals surface area contributed by atoms with Crippen LogP contribution in [0.1, 0.15) is 154 Å². The van der Waals surface area contributed by atoms with Crippen LogP contribution in [0.5, 0.6) is 0 Å². The predicted molar refractivity (Wildman–Crippen MR) is 178 cm³/mol. The fourth-order valence-electron chi connectivity index (χ4n) is 10.2. The van der Waals surface area contributed by atoms with Gasteiger partial charge in [-0.2, -0.15) is 0 Å². The minimum atomic E-state index is -0.931. The summed E-state index contributed by atoms with van der Waals surface area (Å²) >= 11 is 0. The average Bonchev–Trinajstić information content (AvgIpc) is 3.07. The van der Waals surface area contributed by atoms with Crippen LogP contribution in [0.3, 0.4) is 0 Å². The zero-order chi connectivity index (χ0) is 28.8. The van der Waals surface area contributed by atoms with Crippen molar-refractivity contribution in [2.24, 2.45) is 0 Å². The van der Waals surface area contributed by atoms with Crippen molar-refractivity contribution in [1.82, 2.24) is 0 Å². The molecule has 6 heteroatoms. The number of carbonyl (C=O) groups excluding carboxylic acids is 1. The maximum atomic E-state index is 13.1. The highest BCUT2D eigenvalue weighted by Gasteiger charge is 2.62. The third-order valence-electron chi connectivity index (χ3n) is 12.5. The fourth-order valence-corrected chi connectivity index (χ4v) is 18.1. The first kappa shape index (κ1) is 32.4. The predicted octanol–water partition coefficient (Wildman–Crippen LogP) is 9.92. The van der Waals surface area contributed by atoms with E-state index in [1.54, 1.807) is 7.11 Å². The van der Waals surface area contributed by atoms with Gasteiger partial charge in [-0.3, -0.25) is 4.79 Å². The lowest BCUT2D eigenvalue weighted by Gasteiger charge is -2.57. The van der Waals surface area contributed by atoms with Gasteiger partial charge in [-0.05, 0) is 106 Å². The maximum absolute atomic E-state index is 13.1. The number of carbonyl (C=O) groups is 1. The summed E-state index contributed by atoms with van der Waals surface area (Å²) in [5, 5.41) is 0. The molecule has 1 saturated heterocycles. The van der Waals surface area contributed by atoms with Crippen molar-refractivity contribution in [3.8, 4) is 0 Å². The first-order valence-electron chi connectivity index (χ1n) is 18.6. The molecule has 6 fully saturated rings. The van der Waals surface area contributed by atoms with Crippen LogP contribution in [-0.2, 0) is 19.0 Å². The van der Waals surface area contributed by atoms with E-state index in [0.717, 1.165) is 54.6 Å². The molecule has 0 N–H and O–H groups in total. The molecule has 4 nitrogen and oxygen atoms in total. The lowest BCUT2D eigenvalue weighted by molar-refractivity contribution is -0.386. The Morgan fingerprint density at radius 3 is 1.33 bits per heavy atom. The van der Waals surface area contributed by atoms with Crippen LogP contribution in [0.4, 0.5) is 0 Å². The van der Waals surface area contributed by atoms with Crippen LogP contribution in [0, 0.1) is 0 Å². The van der Waals surface area contributed by atoms with Gasteiger partial charge >= 0.3 is 0 Å². The van der Waals surface area contributed by atoms with Crippen LogP contribution in [0.2, 0.25) is 0 Å². The van der Waals surface area contributed by atoms with Crippen molar-refractivity contribution in [3.63, 3.8) is 0 Å². The monoisotopic (exact) mass is 620 g/mol. The van der Waals surface area contributed by atoms with Crippen molar-refractivity contribution in [2.45, 2.75) is 200 Å². The molecule has 6 rings (SSSR count). The van der Waals surface area contributed by atoms with E-state index < -0.39 is 11.4 Å². The summed E-state index contributed by atoms with van der Waals surface area (Å²) < 4.78 is 21.0. The topological polar surface area (TPSA) is 44.8 Å². The molecular weight excluding hydrogens is 558 g/mol. The van der Waals surface area contributed by atoms with Gasteiger partial charge in [0, 0.05) is 13.5 Å². The van der Waals surface area contributed by atoms with Crippen molar-refractivity contribution in [1.29, 1.82) is 0 Å². The Balaban J connectivity index is 1.31. The molecule has 0 spiro atoms. The molecule has 240 valence electrons. The lowest BCUT2D eigenvalue weighted by Crippen LogP contribution is -2.70. The normalized spacial score (nSPS) is 36.7. The summed E-state index contributed by atoms with van der Waals surface area (Å²) in [4.78, 5) is 13.1. The van der Waals surface area contributed by atoms with Gasteiger partial charge < -0.3 is 14.2 Å². The van der Waals surface area contributed by atoms with Gasteiger partial charge in [0.2, 0.25) is 5.79 Å². The molecule has 0 bridgehead atoms. The van der Waals surface area contributed by atoms with Crippen molar-refractivity contribution in [3.05, 3.63) is 0 Å². The van der Waals surface area contributed by atoms with Gasteiger partial charge in [-0.1, -0.05) is 92.9 Å². The molecule has 42 heavy (non-hydrogen) atoms. The van der Waals surface area contributed by atoms with Crippen LogP contribution in [0.25, 0.3) is 0 Å². The summed E-state index contributed by atoms with van der Waals surface area (Å²) in [6, 6.07) is 0. The second kappa shape index (κ2) is 15.3. The third-order valence-corrected chi connectivity index (χ3v) is 19.9. The van der Waals surface area contributed by atoms with Gasteiger partial charge in [0.05, 0.1) is 12.2 Å². The Labute approximate surface area is 260 Å². The molecule has 4 atom stereocenters. The third kappa shape index (κ3) is 7.04. The van der Waals surface area contributed by atoms with E-state index in [1.165, 1.54) is 141 Å². The average molecular weight is 621 g/mol. The molecule has 6 aliphatic rings. The van der Waals surface area contributed by atoms with E-state index in [4.69, 9.17) is 14.2 Å². The highest BCUT2D eigenvalue weighted by molar-refractivity contribution is 7.59. The summed E-state index contributed by atoms with van der Waals surface area (Å²) in [6.07, 6.45) is 35.8. The Kier molecular flexibility index (Phi) is 11.8. The summed E-state index contributed by atoms with van der Waals surface area (Å²) in [5.74, 6) is -0.896. The molecule has 0 aromatic heterocycles. The van der Waals surface area contributed by atoms with Crippen LogP contribution in [-0.4, -0.2) is 72.0 Å². The summed E-state index contributed by atoms with van der Waals surface area (Å²) in [6.45, 7) is 0. The van der Waals surface area contributed by atoms with Crippen LogP contribution < -0.4 is 0 Å². The molecule has 0 unspecified atom stereocenters. The quantitative estimate of drug-likeness (QED) is 0.180. The number of hydrogen-bond acceptors (Lipinski definition) is 4. The molecular formula is C36H62O4P2. The van der Waals surface area contributed by atoms with E-state index in [-0.39, 0.29) is 28.1 Å². The molecule has 0 aromatic carbocycles. The SMILES string of the molecule is CO[C@@]12CCCC[C@@]1(C=O)O[C@H](CP(C1CCCCC1)C1CCCCC1)[C@@H](CP(C1CCCCC1)C1CCCCC1)O2. The molecule has 1 aliphatic heterocycles. The minimum absolute atomic E-state index is 0.0590. The Morgan fingerprint density at radius 1 is 0.571 bits per heavy atom. The first-order chi connectivity index (χ1) is 20.7. The van der Waals surface area contributed by atoms with E-state index in [9.17, 15) is 4.79 Å². The first-order valence-corrected chi connectivity index (χ1v) is 21.9. The molecule has 1 heterocycles. The van der Waals surface area contributed by atoms with Crippen molar-refractivity contribution >= 4 is 22.1 Å². The van der Waals surface area contributed by atoms with Gasteiger partial charge in [0.15, 0.2) is 11.9 Å². The number of ether oxygens (including phenoxy) is 3. The number of fused-ring (bicyclic) bond motifs is 1. The maximum Gasteiger partial charge on any atom is 0.204 e. The molecule has 5 aliphatic carbocycles. The fraction of sp³-hybridized carbons (Fsp3) is 0.972. The van der Waals surface area contributed by atoms with Gasteiger partial charge in [0.1, 0.15) is 0 Å². The number of methoxy groups -OCH3 is 1. The second-order valence-electron chi connectivity index (χ2n) is 15.0. The minimum Gasteiger partial charge on any atom is -0.355 e. The van der Waals surface area contributed by atoms with Crippen molar-refractivity contribution < 1.29 is 19.0 Å². The van der Waals surface area contributed by atoms with Gasteiger partial charge in [-0.15, -0.1) is 0 Å². The summed E-state index contributed by atoms with van der Waals surface area (Å²) in [5.41, 5.74) is 2.67. The highest BCUT2D eigenvalue weighted by atomic mass is 31.1. The molecule has 0 amide bonds. The number of aldehydes is 1. The molecule has 0 radical (unpaired) electrons. The zero-order valence-corrected chi connectivity index (χ0v) is 28.7. The van der Waals surface area contributed by atoms with Gasteiger partial charge in [0.25, 0.3) is 0 Å².